The molecule has 0 saturated carbocycles. The second kappa shape index (κ2) is 3.94. The summed E-state index contributed by atoms with van der Waals surface area (Å²) in [4.78, 5) is 2.60. The minimum Gasteiger partial charge on any atom is -0.352 e. The minimum atomic E-state index is -0.0504. The summed E-state index contributed by atoms with van der Waals surface area (Å²) in [5.41, 5.74) is 0.418. The van der Waals surface area contributed by atoms with E-state index in [1.807, 2.05) is 0 Å². The Hall–Kier alpha value is -0.120. The van der Waals surface area contributed by atoms with Crippen LogP contribution in [0, 0.1) is 5.41 Å². The van der Waals surface area contributed by atoms with Crippen molar-refractivity contribution in [1.29, 1.82) is 0 Å². The van der Waals surface area contributed by atoms with Crippen molar-refractivity contribution >= 4 is 0 Å². The van der Waals surface area contributed by atoms with Crippen molar-refractivity contribution < 1.29 is 9.47 Å². The molecule has 2 unspecified atom stereocenters. The Balaban J connectivity index is 2.24. The van der Waals surface area contributed by atoms with Gasteiger partial charge in [-0.05, 0) is 32.6 Å². The SMILES string of the molecule is CC(C)(C)C1CC2(COCO2)CN1C(C)(C)C. The third-order valence-electron chi connectivity index (χ3n) is 4.07. The number of hydrogen-bond donors (Lipinski definition) is 0. The van der Waals surface area contributed by atoms with Gasteiger partial charge >= 0.3 is 0 Å². The van der Waals surface area contributed by atoms with Crippen molar-refractivity contribution in [1.82, 2.24) is 4.90 Å². The van der Waals surface area contributed by atoms with Gasteiger partial charge in [-0.15, -0.1) is 0 Å². The molecular formula is C14H27NO2. The van der Waals surface area contributed by atoms with Crippen LogP contribution in [0.5, 0.6) is 0 Å². The number of rotatable bonds is 0. The zero-order chi connectivity index (χ0) is 12.9. The molecule has 0 radical (unpaired) electrons. The molecule has 2 saturated heterocycles. The van der Waals surface area contributed by atoms with Crippen LogP contribution in [0.25, 0.3) is 0 Å². The third-order valence-corrected chi connectivity index (χ3v) is 4.07. The standard InChI is InChI=1S/C14H27NO2/c1-12(2,3)11-7-14(9-16-10-17-14)8-15(11)13(4,5)6/h11H,7-10H2,1-6H3. The molecule has 0 amide bonds. The fraction of sp³-hybridized carbons (Fsp3) is 1.00. The Kier molecular flexibility index (Phi) is 3.08. The van der Waals surface area contributed by atoms with E-state index in [2.05, 4.69) is 46.4 Å². The van der Waals surface area contributed by atoms with E-state index in [4.69, 9.17) is 9.47 Å². The molecule has 0 N–H and O–H groups in total. The van der Waals surface area contributed by atoms with Crippen LogP contribution in [0.4, 0.5) is 0 Å². The topological polar surface area (TPSA) is 21.7 Å². The molecule has 0 aliphatic carbocycles. The molecule has 3 heteroatoms. The van der Waals surface area contributed by atoms with E-state index in [9.17, 15) is 0 Å². The zero-order valence-corrected chi connectivity index (χ0v) is 12.2. The van der Waals surface area contributed by atoms with Crippen LogP contribution in [-0.4, -0.2) is 42.0 Å². The van der Waals surface area contributed by atoms with Gasteiger partial charge in [0.2, 0.25) is 0 Å². The molecule has 1 spiro atoms. The Bertz CT molecular complexity index is 258. The van der Waals surface area contributed by atoms with Gasteiger partial charge < -0.3 is 9.47 Å². The van der Waals surface area contributed by atoms with Crippen molar-refractivity contribution in [3.8, 4) is 0 Å². The van der Waals surface area contributed by atoms with Crippen LogP contribution in [0.1, 0.15) is 48.0 Å². The second-order valence-electron chi connectivity index (χ2n) is 7.68. The van der Waals surface area contributed by atoms with E-state index < -0.39 is 0 Å². The van der Waals surface area contributed by atoms with Crippen LogP contribution in [-0.2, 0) is 9.47 Å². The van der Waals surface area contributed by atoms with Gasteiger partial charge in [-0.25, -0.2) is 0 Å². The summed E-state index contributed by atoms with van der Waals surface area (Å²) in [5, 5.41) is 0. The molecule has 2 fully saturated rings. The van der Waals surface area contributed by atoms with Crippen LogP contribution in [0.3, 0.4) is 0 Å². The average Bonchev–Trinajstić information content (AvgIpc) is 2.72. The number of nitrogens with zero attached hydrogens (tertiary/aromatic N) is 1. The largest absolute Gasteiger partial charge is 0.352 e. The van der Waals surface area contributed by atoms with Gasteiger partial charge in [-0.1, -0.05) is 20.8 Å². The lowest BCUT2D eigenvalue weighted by Gasteiger charge is -2.42. The molecule has 2 aliphatic rings. The van der Waals surface area contributed by atoms with Crippen molar-refractivity contribution in [3.05, 3.63) is 0 Å². The highest BCUT2D eigenvalue weighted by Crippen LogP contribution is 2.44. The summed E-state index contributed by atoms with van der Waals surface area (Å²) < 4.78 is 11.3. The predicted molar refractivity (Wildman–Crippen MR) is 69.0 cm³/mol. The van der Waals surface area contributed by atoms with Crippen molar-refractivity contribution in [3.63, 3.8) is 0 Å². The Morgan fingerprint density at radius 1 is 1.12 bits per heavy atom. The normalized spacial score (nSPS) is 36.0. The molecule has 0 aromatic carbocycles. The highest BCUT2D eigenvalue weighted by molar-refractivity contribution is 5.06. The van der Waals surface area contributed by atoms with Crippen LogP contribution in [0.2, 0.25) is 0 Å². The summed E-state index contributed by atoms with van der Waals surface area (Å²) in [7, 11) is 0. The third kappa shape index (κ3) is 2.51. The van der Waals surface area contributed by atoms with E-state index in [-0.39, 0.29) is 16.6 Å². The fourth-order valence-corrected chi connectivity index (χ4v) is 3.07. The molecule has 2 atom stereocenters. The maximum absolute atomic E-state index is 5.89. The van der Waals surface area contributed by atoms with Crippen LogP contribution >= 0.6 is 0 Å². The highest BCUT2D eigenvalue weighted by Gasteiger charge is 2.53. The van der Waals surface area contributed by atoms with E-state index in [1.165, 1.54) is 0 Å². The summed E-state index contributed by atoms with van der Waals surface area (Å²) in [5.74, 6) is 0. The van der Waals surface area contributed by atoms with Crippen LogP contribution in [0.15, 0.2) is 0 Å². The quantitative estimate of drug-likeness (QED) is 0.651. The average molecular weight is 241 g/mol. The maximum Gasteiger partial charge on any atom is 0.147 e. The van der Waals surface area contributed by atoms with Crippen molar-refractivity contribution in [2.75, 3.05) is 19.9 Å². The second-order valence-corrected chi connectivity index (χ2v) is 7.68. The van der Waals surface area contributed by atoms with E-state index in [0.29, 0.717) is 12.8 Å². The molecule has 2 heterocycles. The predicted octanol–water partition coefficient (Wildman–Crippen LogP) is 2.65. The van der Waals surface area contributed by atoms with Gasteiger partial charge in [0.15, 0.2) is 0 Å². The molecule has 17 heavy (non-hydrogen) atoms. The lowest BCUT2D eigenvalue weighted by Crippen LogP contribution is -2.50. The Morgan fingerprint density at radius 3 is 2.12 bits per heavy atom. The summed E-state index contributed by atoms with van der Waals surface area (Å²) in [6, 6.07) is 0.559. The molecule has 0 aromatic heterocycles. The smallest absolute Gasteiger partial charge is 0.147 e. The van der Waals surface area contributed by atoms with Crippen molar-refractivity contribution in [2.24, 2.45) is 5.41 Å². The zero-order valence-electron chi connectivity index (χ0n) is 12.2. The van der Waals surface area contributed by atoms with E-state index in [0.717, 1.165) is 19.6 Å². The number of hydrogen-bond acceptors (Lipinski definition) is 3. The molecule has 0 bridgehead atoms. The summed E-state index contributed by atoms with van der Waals surface area (Å²) in [6.45, 7) is 16.1. The lowest BCUT2D eigenvalue weighted by atomic mass is 9.82. The maximum atomic E-state index is 5.89. The van der Waals surface area contributed by atoms with E-state index in [1.54, 1.807) is 0 Å². The first-order valence-electron chi connectivity index (χ1n) is 6.63. The first-order chi connectivity index (χ1) is 7.64. The van der Waals surface area contributed by atoms with Gasteiger partial charge in [0.25, 0.3) is 0 Å². The summed E-state index contributed by atoms with van der Waals surface area (Å²) >= 11 is 0. The monoisotopic (exact) mass is 241 g/mol. The summed E-state index contributed by atoms with van der Waals surface area (Å²) in [6.07, 6.45) is 1.09. The molecule has 3 nitrogen and oxygen atoms in total. The highest BCUT2D eigenvalue weighted by atomic mass is 16.7. The molecule has 2 aliphatic heterocycles. The van der Waals surface area contributed by atoms with Crippen LogP contribution < -0.4 is 0 Å². The Labute approximate surface area is 105 Å². The molecule has 2 rings (SSSR count). The van der Waals surface area contributed by atoms with Gasteiger partial charge in [-0.2, -0.15) is 0 Å². The molecule has 0 aromatic rings. The molecular weight excluding hydrogens is 214 g/mol. The number of ether oxygens (including phenoxy) is 2. The van der Waals surface area contributed by atoms with Crippen molar-refractivity contribution in [2.45, 2.75) is 65.1 Å². The minimum absolute atomic E-state index is 0.0504. The fourth-order valence-electron chi connectivity index (χ4n) is 3.07. The number of likely N-dealkylation sites (tertiary alicyclic amines) is 1. The first kappa shape index (κ1) is 13.3. The Morgan fingerprint density at radius 2 is 1.76 bits per heavy atom. The van der Waals surface area contributed by atoms with Gasteiger partial charge in [-0.3, -0.25) is 4.90 Å². The van der Waals surface area contributed by atoms with Gasteiger partial charge in [0, 0.05) is 18.1 Å². The van der Waals surface area contributed by atoms with E-state index >= 15 is 0 Å². The molecule has 100 valence electrons. The first-order valence-corrected chi connectivity index (χ1v) is 6.63. The lowest BCUT2D eigenvalue weighted by molar-refractivity contribution is -0.00804. The van der Waals surface area contributed by atoms with Gasteiger partial charge in [0.1, 0.15) is 12.4 Å². The van der Waals surface area contributed by atoms with Gasteiger partial charge in [0.05, 0.1) is 6.61 Å².